The van der Waals surface area contributed by atoms with E-state index in [4.69, 9.17) is 9.72 Å². The van der Waals surface area contributed by atoms with Gasteiger partial charge >= 0.3 is 0 Å². The molecule has 1 fully saturated rings. The van der Waals surface area contributed by atoms with E-state index in [0.29, 0.717) is 26.0 Å². The first-order valence-electron chi connectivity index (χ1n) is 11.3. The topological polar surface area (TPSA) is 105 Å². The van der Waals surface area contributed by atoms with Crippen molar-refractivity contribution in [2.24, 2.45) is 16.7 Å². The van der Waals surface area contributed by atoms with Gasteiger partial charge in [0, 0.05) is 54.2 Å². The lowest BCUT2D eigenvalue weighted by Crippen LogP contribution is -2.57. The SMILES string of the molecule is COCCNC(=O)CC1c2nc(-c3cccnc3)sc2CC2C(C)(CO)C(O)CCC12C. The molecule has 2 heterocycles. The highest BCUT2D eigenvalue weighted by Crippen LogP contribution is 2.62. The zero-order chi connectivity index (χ0) is 22.9. The summed E-state index contributed by atoms with van der Waals surface area (Å²) in [7, 11) is 1.61. The number of carbonyl (C=O) groups excluding carboxylic acids is 1. The zero-order valence-electron chi connectivity index (χ0n) is 19.0. The van der Waals surface area contributed by atoms with E-state index in [-0.39, 0.29) is 29.8 Å². The number of hydrogen-bond donors (Lipinski definition) is 3. The summed E-state index contributed by atoms with van der Waals surface area (Å²) >= 11 is 1.64. The van der Waals surface area contributed by atoms with Gasteiger partial charge in [0.05, 0.1) is 25.0 Å². The second-order valence-corrected chi connectivity index (χ2v) is 10.7. The summed E-state index contributed by atoms with van der Waals surface area (Å²) in [6.45, 7) is 5.07. The minimum absolute atomic E-state index is 0.0207. The summed E-state index contributed by atoms with van der Waals surface area (Å²) in [6, 6.07) is 3.90. The third kappa shape index (κ3) is 3.98. The number of pyridine rings is 1. The van der Waals surface area contributed by atoms with E-state index in [1.807, 2.05) is 25.3 Å². The Labute approximate surface area is 193 Å². The molecule has 3 N–H and O–H groups in total. The Hall–Kier alpha value is -1.87. The lowest BCUT2D eigenvalue weighted by atomic mass is 9.47. The molecule has 0 radical (unpaired) electrons. The molecular weight excluding hydrogens is 426 g/mol. The molecule has 5 atom stereocenters. The number of carbonyl (C=O) groups is 1. The molecule has 7 nitrogen and oxygen atoms in total. The van der Waals surface area contributed by atoms with Crippen LogP contribution in [0.15, 0.2) is 24.5 Å². The number of hydrogen-bond acceptors (Lipinski definition) is 7. The quantitative estimate of drug-likeness (QED) is 0.550. The fraction of sp³-hybridized carbons (Fsp3) is 0.625. The van der Waals surface area contributed by atoms with Gasteiger partial charge in [0.2, 0.25) is 5.91 Å². The number of nitrogens with zero attached hydrogens (tertiary/aromatic N) is 2. The molecule has 2 aliphatic rings. The normalized spacial score (nSPS) is 31.6. The minimum atomic E-state index is -0.617. The van der Waals surface area contributed by atoms with E-state index in [9.17, 15) is 15.0 Å². The van der Waals surface area contributed by atoms with E-state index < -0.39 is 11.5 Å². The van der Waals surface area contributed by atoms with Gasteiger partial charge in [-0.3, -0.25) is 9.78 Å². The van der Waals surface area contributed by atoms with Crippen LogP contribution in [0.5, 0.6) is 0 Å². The van der Waals surface area contributed by atoms with Gasteiger partial charge in [-0.15, -0.1) is 11.3 Å². The maximum Gasteiger partial charge on any atom is 0.220 e. The van der Waals surface area contributed by atoms with Gasteiger partial charge in [0.25, 0.3) is 0 Å². The van der Waals surface area contributed by atoms with E-state index in [1.54, 1.807) is 24.6 Å². The van der Waals surface area contributed by atoms with Crippen molar-refractivity contribution in [3.05, 3.63) is 35.1 Å². The average Bonchev–Trinajstić information content (AvgIpc) is 3.23. The molecule has 4 rings (SSSR count). The van der Waals surface area contributed by atoms with E-state index in [2.05, 4.69) is 17.2 Å². The smallest absolute Gasteiger partial charge is 0.220 e. The number of nitrogens with one attached hydrogen (secondary N) is 1. The molecule has 1 saturated carbocycles. The Bertz CT molecular complexity index is 952. The third-order valence-electron chi connectivity index (χ3n) is 7.82. The molecular formula is C24H33N3O4S. The van der Waals surface area contributed by atoms with Crippen LogP contribution < -0.4 is 5.32 Å². The molecule has 0 aliphatic heterocycles. The molecule has 8 heteroatoms. The summed E-state index contributed by atoms with van der Waals surface area (Å²) in [5.41, 5.74) is 1.09. The fourth-order valence-electron chi connectivity index (χ4n) is 5.81. The Kier molecular flexibility index (Phi) is 6.68. The Morgan fingerprint density at radius 1 is 1.41 bits per heavy atom. The maximum absolute atomic E-state index is 12.9. The van der Waals surface area contributed by atoms with Crippen LogP contribution in [0.25, 0.3) is 10.6 Å². The van der Waals surface area contributed by atoms with Gasteiger partial charge in [0.15, 0.2) is 0 Å². The predicted octanol–water partition coefficient (Wildman–Crippen LogP) is 2.77. The third-order valence-corrected chi connectivity index (χ3v) is 8.96. The predicted molar refractivity (Wildman–Crippen MR) is 123 cm³/mol. The molecule has 0 bridgehead atoms. The number of aliphatic hydroxyl groups is 2. The van der Waals surface area contributed by atoms with Crippen molar-refractivity contribution < 1.29 is 19.7 Å². The van der Waals surface area contributed by atoms with Crippen LogP contribution in [0.4, 0.5) is 0 Å². The first-order valence-corrected chi connectivity index (χ1v) is 12.1. The molecule has 2 aromatic heterocycles. The molecule has 2 aromatic rings. The highest BCUT2D eigenvalue weighted by Gasteiger charge is 2.59. The summed E-state index contributed by atoms with van der Waals surface area (Å²) in [6.07, 6.45) is 5.48. The number of ether oxygens (including phenoxy) is 1. The monoisotopic (exact) mass is 459 g/mol. The second kappa shape index (κ2) is 9.17. The van der Waals surface area contributed by atoms with Crippen LogP contribution in [-0.4, -0.2) is 59.1 Å². The number of rotatable bonds is 7. The van der Waals surface area contributed by atoms with Crippen molar-refractivity contribution in [2.45, 2.75) is 51.6 Å². The maximum atomic E-state index is 12.9. The van der Waals surface area contributed by atoms with Gasteiger partial charge in [-0.05, 0) is 42.7 Å². The van der Waals surface area contributed by atoms with E-state index in [1.165, 1.54) is 0 Å². The molecule has 174 valence electrons. The standard InChI is InChI=1S/C24H33N3O4S/c1-23-7-6-19(29)24(2,14-28)18(23)12-17-21(16(23)11-20(30)26-9-10-31-3)27-22(32-17)15-5-4-8-25-13-15/h4-5,8,13,16,18-19,28-29H,6-7,9-12,14H2,1-3H3,(H,26,30). The molecule has 0 saturated heterocycles. The van der Waals surface area contributed by atoms with Crippen LogP contribution in [-0.2, 0) is 16.0 Å². The van der Waals surface area contributed by atoms with Crippen LogP contribution in [0.3, 0.4) is 0 Å². The van der Waals surface area contributed by atoms with Crippen molar-refractivity contribution in [3.63, 3.8) is 0 Å². The lowest BCUT2D eigenvalue weighted by Gasteiger charge is -2.58. The number of fused-ring (bicyclic) bond motifs is 2. The summed E-state index contributed by atoms with van der Waals surface area (Å²) < 4.78 is 5.06. The van der Waals surface area contributed by atoms with Gasteiger partial charge in [-0.1, -0.05) is 13.8 Å². The molecule has 0 spiro atoms. The van der Waals surface area contributed by atoms with Gasteiger partial charge < -0.3 is 20.3 Å². The fourth-order valence-corrected chi connectivity index (χ4v) is 6.97. The number of aliphatic hydroxyl groups excluding tert-OH is 2. The van der Waals surface area contributed by atoms with Gasteiger partial charge in [-0.2, -0.15) is 0 Å². The van der Waals surface area contributed by atoms with Gasteiger partial charge in [-0.25, -0.2) is 4.98 Å². The lowest BCUT2D eigenvalue weighted by molar-refractivity contribution is -0.144. The minimum Gasteiger partial charge on any atom is -0.396 e. The van der Waals surface area contributed by atoms with Crippen molar-refractivity contribution in [3.8, 4) is 10.6 Å². The molecule has 1 amide bonds. The Balaban J connectivity index is 1.75. The van der Waals surface area contributed by atoms with Crippen LogP contribution in [0.2, 0.25) is 0 Å². The summed E-state index contributed by atoms with van der Waals surface area (Å²) in [4.78, 5) is 23.3. The second-order valence-electron chi connectivity index (χ2n) is 9.65. The van der Waals surface area contributed by atoms with Crippen LogP contribution in [0.1, 0.15) is 49.6 Å². The van der Waals surface area contributed by atoms with Crippen molar-refractivity contribution in [1.29, 1.82) is 0 Å². The van der Waals surface area contributed by atoms with Crippen LogP contribution >= 0.6 is 11.3 Å². The zero-order valence-corrected chi connectivity index (χ0v) is 19.8. The number of aromatic nitrogens is 2. The van der Waals surface area contributed by atoms with Gasteiger partial charge in [0.1, 0.15) is 5.01 Å². The first kappa shape index (κ1) is 23.3. The molecule has 0 aromatic carbocycles. The van der Waals surface area contributed by atoms with Crippen molar-refractivity contribution >= 4 is 17.2 Å². The Morgan fingerprint density at radius 2 is 2.22 bits per heavy atom. The number of thiazole rings is 1. The highest BCUT2D eigenvalue weighted by molar-refractivity contribution is 7.15. The molecule has 5 unspecified atom stereocenters. The average molecular weight is 460 g/mol. The molecule has 2 aliphatic carbocycles. The van der Waals surface area contributed by atoms with Crippen molar-refractivity contribution in [1.82, 2.24) is 15.3 Å². The highest BCUT2D eigenvalue weighted by atomic mass is 32.1. The Morgan fingerprint density at radius 3 is 2.91 bits per heavy atom. The van der Waals surface area contributed by atoms with Crippen molar-refractivity contribution in [2.75, 3.05) is 26.9 Å². The van der Waals surface area contributed by atoms with E-state index >= 15 is 0 Å². The van der Waals surface area contributed by atoms with Crippen LogP contribution in [0, 0.1) is 16.7 Å². The summed E-state index contributed by atoms with van der Waals surface area (Å²) in [5, 5.41) is 25.1. The first-order chi connectivity index (χ1) is 15.3. The number of methoxy groups -OCH3 is 1. The summed E-state index contributed by atoms with van der Waals surface area (Å²) in [5.74, 6) is -0.0540. The van der Waals surface area contributed by atoms with E-state index in [0.717, 1.165) is 34.0 Å². The largest absolute Gasteiger partial charge is 0.396 e. The number of amides is 1. The molecule has 32 heavy (non-hydrogen) atoms.